The van der Waals surface area contributed by atoms with Crippen LogP contribution < -0.4 is 0 Å². The van der Waals surface area contributed by atoms with Crippen molar-refractivity contribution in [3.63, 3.8) is 0 Å². The van der Waals surface area contributed by atoms with Crippen LogP contribution in [0.3, 0.4) is 0 Å². The molecule has 0 aliphatic carbocycles. The summed E-state index contributed by atoms with van der Waals surface area (Å²) < 4.78 is 14.8. The third-order valence-electron chi connectivity index (χ3n) is 3.22. The Hall–Kier alpha value is -1.55. The van der Waals surface area contributed by atoms with E-state index in [1.54, 1.807) is 6.07 Å². The molecule has 1 aromatic carbocycles. The lowest BCUT2D eigenvalue weighted by molar-refractivity contribution is 0.628. The van der Waals surface area contributed by atoms with Crippen molar-refractivity contribution in [2.24, 2.45) is 0 Å². The van der Waals surface area contributed by atoms with E-state index in [4.69, 9.17) is 12.2 Å². The minimum absolute atomic E-state index is 0.223. The van der Waals surface area contributed by atoms with Crippen LogP contribution in [0.5, 0.6) is 0 Å². The molecule has 19 heavy (non-hydrogen) atoms. The fraction of sp³-hybridized carbons (Fsp3) is 0.333. The zero-order chi connectivity index (χ0) is 14.2. The smallest absolute Gasteiger partial charge is 0.133 e. The number of nitrogens with one attached hydrogen (secondary N) is 1. The second kappa shape index (κ2) is 5.21. The molecule has 2 rings (SSSR count). The van der Waals surface area contributed by atoms with Crippen LogP contribution in [0.2, 0.25) is 0 Å². The summed E-state index contributed by atoms with van der Waals surface area (Å²) in [5, 5.41) is 0. The maximum absolute atomic E-state index is 14.3. The molecule has 100 valence electrons. The molecular formula is C15H17FN2S. The Bertz CT molecular complexity index is 666. The van der Waals surface area contributed by atoms with Crippen LogP contribution in [0.4, 0.5) is 4.39 Å². The molecule has 0 saturated heterocycles. The van der Waals surface area contributed by atoms with Crippen molar-refractivity contribution >= 4 is 12.2 Å². The van der Waals surface area contributed by atoms with Gasteiger partial charge in [-0.25, -0.2) is 9.37 Å². The Morgan fingerprint density at radius 2 is 1.95 bits per heavy atom. The summed E-state index contributed by atoms with van der Waals surface area (Å²) in [6.45, 7) is 7.66. The average molecular weight is 276 g/mol. The molecular weight excluding hydrogens is 259 g/mol. The molecule has 0 bridgehead atoms. The van der Waals surface area contributed by atoms with Crippen molar-refractivity contribution in [3.8, 4) is 11.3 Å². The van der Waals surface area contributed by atoms with E-state index in [1.807, 2.05) is 33.8 Å². The Labute approximate surface area is 117 Å². The molecule has 1 aromatic heterocycles. The van der Waals surface area contributed by atoms with Crippen LogP contribution in [0.15, 0.2) is 12.1 Å². The first-order valence-electron chi connectivity index (χ1n) is 6.31. The topological polar surface area (TPSA) is 28.7 Å². The molecule has 2 aromatic rings. The lowest BCUT2D eigenvalue weighted by Crippen LogP contribution is -2.02. The van der Waals surface area contributed by atoms with Gasteiger partial charge in [-0.05, 0) is 38.0 Å². The molecule has 0 unspecified atom stereocenters. The molecule has 0 aliphatic rings. The third-order valence-corrected chi connectivity index (χ3v) is 3.62. The normalized spacial score (nSPS) is 10.8. The number of halogens is 1. The Balaban J connectivity index is 2.79. The van der Waals surface area contributed by atoms with E-state index in [2.05, 4.69) is 9.97 Å². The molecule has 4 heteroatoms. The maximum Gasteiger partial charge on any atom is 0.133 e. The molecule has 1 N–H and O–H groups in total. The minimum atomic E-state index is -0.223. The summed E-state index contributed by atoms with van der Waals surface area (Å²) >= 11 is 5.25. The summed E-state index contributed by atoms with van der Waals surface area (Å²) in [5.41, 5.74) is 3.97. The van der Waals surface area contributed by atoms with Gasteiger partial charge in [-0.3, -0.25) is 0 Å². The molecule has 0 aliphatic heterocycles. The summed E-state index contributed by atoms with van der Waals surface area (Å²) in [6.07, 6.45) is 0.740. The number of H-pyrrole nitrogens is 1. The fourth-order valence-corrected chi connectivity index (χ4v) is 2.44. The predicted octanol–water partition coefficient (Wildman–Crippen LogP) is 4.43. The largest absolute Gasteiger partial charge is 0.343 e. The SMILES string of the molecule is CCc1nc(=S)c(C)c(-c2c(C)cc(C)cc2F)[nH]1. The van der Waals surface area contributed by atoms with Gasteiger partial charge in [-0.2, -0.15) is 0 Å². The van der Waals surface area contributed by atoms with Crippen LogP contribution in [0.1, 0.15) is 29.4 Å². The third kappa shape index (κ3) is 2.59. The number of benzene rings is 1. The van der Waals surface area contributed by atoms with Crippen molar-refractivity contribution in [2.75, 3.05) is 0 Å². The first-order chi connectivity index (χ1) is 8.93. The van der Waals surface area contributed by atoms with Gasteiger partial charge in [0.05, 0.1) is 5.69 Å². The van der Waals surface area contributed by atoms with E-state index < -0.39 is 0 Å². The van der Waals surface area contributed by atoms with Gasteiger partial charge in [0.2, 0.25) is 0 Å². The van der Waals surface area contributed by atoms with Gasteiger partial charge in [0.1, 0.15) is 16.3 Å². The quantitative estimate of drug-likeness (QED) is 0.822. The molecule has 0 spiro atoms. The summed E-state index contributed by atoms with van der Waals surface area (Å²) in [6, 6.07) is 3.52. The van der Waals surface area contributed by atoms with Crippen molar-refractivity contribution in [1.29, 1.82) is 0 Å². The molecule has 0 atom stereocenters. The second-order valence-electron chi connectivity index (χ2n) is 4.78. The summed E-state index contributed by atoms with van der Waals surface area (Å²) in [5.74, 6) is 0.560. The fourth-order valence-electron chi connectivity index (χ4n) is 2.23. The maximum atomic E-state index is 14.3. The molecule has 0 radical (unpaired) electrons. The molecule has 2 nitrogen and oxygen atoms in total. The highest BCUT2D eigenvalue weighted by Crippen LogP contribution is 2.29. The first kappa shape index (κ1) is 13.9. The number of aromatic nitrogens is 2. The Morgan fingerprint density at radius 3 is 2.53 bits per heavy atom. The first-order valence-corrected chi connectivity index (χ1v) is 6.71. The van der Waals surface area contributed by atoms with Crippen LogP contribution in [-0.4, -0.2) is 9.97 Å². The highest BCUT2D eigenvalue weighted by molar-refractivity contribution is 7.71. The summed E-state index contributed by atoms with van der Waals surface area (Å²) in [4.78, 5) is 7.49. The number of aromatic amines is 1. The van der Waals surface area contributed by atoms with Crippen molar-refractivity contribution in [1.82, 2.24) is 9.97 Å². The van der Waals surface area contributed by atoms with Gasteiger partial charge in [-0.1, -0.05) is 25.2 Å². The van der Waals surface area contributed by atoms with E-state index in [1.165, 1.54) is 0 Å². The van der Waals surface area contributed by atoms with E-state index in [0.29, 0.717) is 10.2 Å². The zero-order valence-electron chi connectivity index (χ0n) is 11.6. The van der Waals surface area contributed by atoms with E-state index >= 15 is 0 Å². The monoisotopic (exact) mass is 276 g/mol. The van der Waals surface area contributed by atoms with Crippen LogP contribution in [0.25, 0.3) is 11.3 Å². The number of aryl methyl sites for hydroxylation is 3. The standard InChI is InChI=1S/C15H17FN2S/c1-5-12-17-14(10(4)15(19)18-12)13-9(3)6-8(2)7-11(13)16/h6-7H,5H2,1-4H3,(H,17,18,19). The van der Waals surface area contributed by atoms with Gasteiger partial charge in [0.15, 0.2) is 0 Å². The highest BCUT2D eigenvalue weighted by Gasteiger charge is 2.14. The zero-order valence-corrected chi connectivity index (χ0v) is 12.4. The molecule has 1 heterocycles. The van der Waals surface area contributed by atoms with Crippen LogP contribution >= 0.6 is 12.2 Å². The van der Waals surface area contributed by atoms with Crippen LogP contribution in [0, 0.1) is 31.2 Å². The highest BCUT2D eigenvalue weighted by atomic mass is 32.1. The number of hydrogen-bond donors (Lipinski definition) is 1. The summed E-state index contributed by atoms with van der Waals surface area (Å²) in [7, 11) is 0. The second-order valence-corrected chi connectivity index (χ2v) is 5.17. The van der Waals surface area contributed by atoms with Crippen molar-refractivity contribution in [2.45, 2.75) is 34.1 Å². The van der Waals surface area contributed by atoms with Crippen molar-refractivity contribution in [3.05, 3.63) is 45.1 Å². The van der Waals surface area contributed by atoms with Crippen LogP contribution in [-0.2, 0) is 6.42 Å². The van der Waals surface area contributed by atoms with Gasteiger partial charge < -0.3 is 4.98 Å². The van der Waals surface area contributed by atoms with E-state index in [-0.39, 0.29) is 5.82 Å². The Kier molecular flexibility index (Phi) is 3.80. The molecule has 0 saturated carbocycles. The lowest BCUT2D eigenvalue weighted by atomic mass is 9.99. The van der Waals surface area contributed by atoms with Gasteiger partial charge >= 0.3 is 0 Å². The number of rotatable bonds is 2. The molecule has 0 fully saturated rings. The predicted molar refractivity (Wildman–Crippen MR) is 78.4 cm³/mol. The van der Waals surface area contributed by atoms with Gasteiger partial charge in [-0.15, -0.1) is 0 Å². The number of nitrogens with zero attached hydrogens (tertiary/aromatic N) is 1. The minimum Gasteiger partial charge on any atom is -0.343 e. The number of hydrogen-bond acceptors (Lipinski definition) is 2. The van der Waals surface area contributed by atoms with Gasteiger partial charge in [0, 0.05) is 17.5 Å². The lowest BCUT2D eigenvalue weighted by Gasteiger charge is -2.13. The average Bonchev–Trinajstić information content (AvgIpc) is 2.32. The van der Waals surface area contributed by atoms with Crippen molar-refractivity contribution < 1.29 is 4.39 Å². The van der Waals surface area contributed by atoms with E-state index in [0.717, 1.165) is 34.6 Å². The Morgan fingerprint density at radius 1 is 1.26 bits per heavy atom. The van der Waals surface area contributed by atoms with E-state index in [9.17, 15) is 4.39 Å². The molecule has 0 amide bonds. The van der Waals surface area contributed by atoms with Gasteiger partial charge in [0.25, 0.3) is 0 Å².